The molecule has 0 aliphatic carbocycles. The van der Waals surface area contributed by atoms with Crippen molar-refractivity contribution in [2.75, 3.05) is 5.32 Å². The molecule has 0 unspecified atom stereocenters. The van der Waals surface area contributed by atoms with Gasteiger partial charge in [-0.25, -0.2) is 0 Å². The summed E-state index contributed by atoms with van der Waals surface area (Å²) >= 11 is 0. The largest absolute Gasteiger partial charge is 0.460 e. The Morgan fingerprint density at radius 1 is 1.08 bits per heavy atom. The summed E-state index contributed by atoms with van der Waals surface area (Å²) in [7, 11) is 0. The molecule has 0 spiro atoms. The van der Waals surface area contributed by atoms with Gasteiger partial charge in [-0.15, -0.1) is 10.2 Å². The van der Waals surface area contributed by atoms with Gasteiger partial charge in [0.05, 0.1) is 11.6 Å². The van der Waals surface area contributed by atoms with Crippen LogP contribution in [0.5, 0.6) is 0 Å². The topological polar surface area (TPSA) is 73.0 Å². The van der Waals surface area contributed by atoms with Crippen molar-refractivity contribution < 1.29 is 9.21 Å². The molecule has 1 N–H and O–H groups in total. The van der Waals surface area contributed by atoms with Crippen LogP contribution < -0.4 is 5.32 Å². The smallest absolute Gasteiger partial charge is 0.234 e. The summed E-state index contributed by atoms with van der Waals surface area (Å²) in [5.74, 6) is 0.125. The van der Waals surface area contributed by atoms with E-state index in [1.807, 2.05) is 61.5 Å². The van der Waals surface area contributed by atoms with Gasteiger partial charge in [-0.1, -0.05) is 24.3 Å². The molecule has 2 aromatic heterocycles. The highest BCUT2D eigenvalue weighted by Crippen LogP contribution is 2.26. The van der Waals surface area contributed by atoms with Crippen LogP contribution in [0.25, 0.3) is 16.7 Å². The van der Waals surface area contributed by atoms with Crippen molar-refractivity contribution in [1.29, 1.82) is 0 Å². The zero-order valence-electron chi connectivity index (χ0n) is 13.6. The fourth-order valence-corrected chi connectivity index (χ4v) is 2.67. The third-order valence-electron chi connectivity index (χ3n) is 4.10. The minimum Gasteiger partial charge on any atom is -0.460 e. The second kappa shape index (κ2) is 6.24. The first-order valence-corrected chi connectivity index (χ1v) is 7.95. The summed E-state index contributed by atoms with van der Waals surface area (Å²) in [5, 5.41) is 11.5. The number of para-hydroxylation sites is 1. The number of anilines is 1. The van der Waals surface area contributed by atoms with Crippen LogP contribution >= 0.6 is 0 Å². The number of carbonyl (C=O) groups is 1. The van der Waals surface area contributed by atoms with Crippen LogP contribution in [0.2, 0.25) is 0 Å². The van der Waals surface area contributed by atoms with Gasteiger partial charge in [-0.2, -0.15) is 0 Å². The van der Waals surface area contributed by atoms with Gasteiger partial charge in [-0.05, 0) is 37.3 Å². The Bertz CT molecular complexity index is 988. The van der Waals surface area contributed by atoms with Gasteiger partial charge in [0.25, 0.3) is 0 Å². The van der Waals surface area contributed by atoms with Crippen LogP contribution in [0.15, 0.2) is 71.7 Å². The van der Waals surface area contributed by atoms with E-state index in [2.05, 4.69) is 15.5 Å². The van der Waals surface area contributed by atoms with E-state index >= 15 is 0 Å². The number of hydrogen-bond donors (Lipinski definition) is 1. The molecule has 0 aliphatic rings. The quantitative estimate of drug-likeness (QED) is 0.617. The van der Waals surface area contributed by atoms with Crippen LogP contribution in [0.3, 0.4) is 0 Å². The summed E-state index contributed by atoms with van der Waals surface area (Å²) < 4.78 is 7.57. The fourth-order valence-electron chi connectivity index (χ4n) is 2.67. The molecular formula is C19H16N4O2. The van der Waals surface area contributed by atoms with E-state index in [1.165, 1.54) is 0 Å². The highest BCUT2D eigenvalue weighted by Gasteiger charge is 2.19. The van der Waals surface area contributed by atoms with Gasteiger partial charge in [0.2, 0.25) is 5.91 Å². The molecule has 2 heterocycles. The van der Waals surface area contributed by atoms with E-state index in [0.29, 0.717) is 11.4 Å². The number of nitrogens with one attached hydrogen (secondary N) is 1. The first-order valence-electron chi connectivity index (χ1n) is 7.95. The van der Waals surface area contributed by atoms with Crippen molar-refractivity contribution in [3.05, 3.63) is 73.0 Å². The van der Waals surface area contributed by atoms with Gasteiger partial charge in [0.15, 0.2) is 0 Å². The zero-order valence-corrected chi connectivity index (χ0v) is 13.6. The number of amides is 1. The number of carbonyl (C=O) groups excluding carboxylic acids is 1. The Kier molecular flexibility index (Phi) is 3.78. The second-order valence-corrected chi connectivity index (χ2v) is 5.82. The maximum absolute atomic E-state index is 12.6. The minimum absolute atomic E-state index is 0.125. The lowest BCUT2D eigenvalue weighted by molar-refractivity contribution is -0.117. The van der Waals surface area contributed by atoms with E-state index in [9.17, 15) is 4.79 Å². The molecule has 1 amide bonds. The number of fused-ring (bicyclic) bond motifs is 1. The normalized spacial score (nSPS) is 12.2. The van der Waals surface area contributed by atoms with Gasteiger partial charge in [0.1, 0.15) is 24.0 Å². The van der Waals surface area contributed by atoms with E-state index in [1.54, 1.807) is 17.2 Å². The Balaban J connectivity index is 1.54. The summed E-state index contributed by atoms with van der Waals surface area (Å²) in [6.45, 7) is 1.83. The zero-order chi connectivity index (χ0) is 17.2. The van der Waals surface area contributed by atoms with Gasteiger partial charge < -0.3 is 9.73 Å². The van der Waals surface area contributed by atoms with Gasteiger partial charge in [-0.3, -0.25) is 9.36 Å². The lowest BCUT2D eigenvalue weighted by Gasteiger charge is -2.11. The molecule has 25 heavy (non-hydrogen) atoms. The van der Waals surface area contributed by atoms with Crippen molar-refractivity contribution in [2.45, 2.75) is 12.8 Å². The van der Waals surface area contributed by atoms with Crippen LogP contribution in [-0.2, 0) is 4.79 Å². The number of hydrogen-bond acceptors (Lipinski definition) is 4. The van der Waals surface area contributed by atoms with E-state index in [4.69, 9.17) is 4.42 Å². The third-order valence-corrected chi connectivity index (χ3v) is 4.10. The van der Waals surface area contributed by atoms with Crippen LogP contribution in [0, 0.1) is 0 Å². The summed E-state index contributed by atoms with van der Waals surface area (Å²) in [6, 6.07) is 17.1. The average molecular weight is 332 g/mol. The van der Waals surface area contributed by atoms with Crippen molar-refractivity contribution in [3.8, 4) is 5.69 Å². The number of rotatable bonds is 4. The molecule has 2 aromatic carbocycles. The van der Waals surface area contributed by atoms with Crippen molar-refractivity contribution >= 4 is 22.6 Å². The minimum atomic E-state index is -0.397. The molecule has 0 saturated carbocycles. The number of nitrogens with zero attached hydrogens (tertiary/aromatic N) is 3. The Morgan fingerprint density at radius 3 is 2.68 bits per heavy atom. The number of benzene rings is 2. The summed E-state index contributed by atoms with van der Waals surface area (Å²) in [5.41, 5.74) is 2.37. The Morgan fingerprint density at radius 2 is 1.88 bits per heavy atom. The van der Waals surface area contributed by atoms with E-state index in [-0.39, 0.29) is 5.91 Å². The predicted molar refractivity (Wildman–Crippen MR) is 94.6 cm³/mol. The Hall–Kier alpha value is -3.41. The monoisotopic (exact) mass is 332 g/mol. The van der Waals surface area contributed by atoms with Crippen molar-refractivity contribution in [3.63, 3.8) is 0 Å². The lowest BCUT2D eigenvalue weighted by atomic mass is 10.1. The standard InChI is InChI=1S/C19H16N4O2/c1-13(18-9-14-5-2-3-8-17(14)25-18)19(24)22-15-6-4-7-16(10-15)23-11-20-21-12-23/h2-13H,1H3,(H,22,24)/t13-/m0/s1. The van der Waals surface area contributed by atoms with Crippen LogP contribution in [-0.4, -0.2) is 20.7 Å². The molecule has 6 nitrogen and oxygen atoms in total. The van der Waals surface area contributed by atoms with Gasteiger partial charge in [0, 0.05) is 11.1 Å². The maximum atomic E-state index is 12.6. The molecule has 124 valence electrons. The van der Waals surface area contributed by atoms with Crippen LogP contribution in [0.1, 0.15) is 18.6 Å². The van der Waals surface area contributed by atoms with E-state index < -0.39 is 5.92 Å². The first-order chi connectivity index (χ1) is 12.2. The van der Waals surface area contributed by atoms with Gasteiger partial charge >= 0.3 is 0 Å². The molecule has 0 aliphatic heterocycles. The molecule has 0 radical (unpaired) electrons. The highest BCUT2D eigenvalue weighted by molar-refractivity contribution is 5.96. The molecule has 4 aromatic rings. The highest BCUT2D eigenvalue weighted by atomic mass is 16.3. The molecule has 6 heteroatoms. The maximum Gasteiger partial charge on any atom is 0.234 e. The van der Waals surface area contributed by atoms with E-state index in [0.717, 1.165) is 16.7 Å². The first kappa shape index (κ1) is 15.1. The van der Waals surface area contributed by atoms with Crippen molar-refractivity contribution in [2.24, 2.45) is 0 Å². The van der Waals surface area contributed by atoms with Crippen LogP contribution in [0.4, 0.5) is 5.69 Å². The second-order valence-electron chi connectivity index (χ2n) is 5.82. The summed E-state index contributed by atoms with van der Waals surface area (Å²) in [4.78, 5) is 12.6. The average Bonchev–Trinajstić information content (AvgIpc) is 3.30. The Labute approximate surface area is 144 Å². The molecular weight excluding hydrogens is 316 g/mol. The predicted octanol–water partition coefficient (Wildman–Crippen LogP) is 3.76. The molecule has 0 fully saturated rings. The molecule has 0 bridgehead atoms. The molecule has 1 atom stereocenters. The molecule has 0 saturated heterocycles. The van der Waals surface area contributed by atoms with Crippen molar-refractivity contribution in [1.82, 2.24) is 14.8 Å². The number of furan rings is 1. The molecule has 4 rings (SSSR count). The summed E-state index contributed by atoms with van der Waals surface area (Å²) in [6.07, 6.45) is 3.22. The third kappa shape index (κ3) is 3.01. The number of aromatic nitrogens is 3. The fraction of sp³-hybridized carbons (Fsp3) is 0.105. The SMILES string of the molecule is C[C@H](C(=O)Nc1cccc(-n2cnnc2)c1)c1cc2ccccc2o1. The lowest BCUT2D eigenvalue weighted by Crippen LogP contribution is -2.18.